The third-order valence-corrected chi connectivity index (χ3v) is 6.58. The molecule has 30 heavy (non-hydrogen) atoms. The van der Waals surface area contributed by atoms with Crippen molar-refractivity contribution in [3.63, 3.8) is 0 Å². The van der Waals surface area contributed by atoms with E-state index in [9.17, 15) is 13.2 Å². The van der Waals surface area contributed by atoms with Crippen LogP contribution in [0.25, 0.3) is 0 Å². The highest BCUT2D eigenvalue weighted by atomic mass is 32.2. The first-order chi connectivity index (χ1) is 13.9. The summed E-state index contributed by atoms with van der Waals surface area (Å²) in [6.45, 7) is 9.26. The lowest BCUT2D eigenvalue weighted by molar-refractivity contribution is 0.0509. The lowest BCUT2D eigenvalue weighted by atomic mass is 9.63. The van der Waals surface area contributed by atoms with Crippen molar-refractivity contribution in [1.29, 1.82) is 0 Å². The average Bonchev–Trinajstić information content (AvgIpc) is 2.65. The van der Waals surface area contributed by atoms with Crippen LogP contribution in [0.15, 0.2) is 42.5 Å². The van der Waals surface area contributed by atoms with Crippen LogP contribution in [-0.4, -0.2) is 27.2 Å². The molecule has 0 saturated carbocycles. The Labute approximate surface area is 179 Å². The van der Waals surface area contributed by atoms with E-state index in [0.717, 1.165) is 24.7 Å². The molecule has 6 heteroatoms. The van der Waals surface area contributed by atoms with E-state index in [2.05, 4.69) is 38.5 Å². The summed E-state index contributed by atoms with van der Waals surface area (Å²) in [7, 11) is -3.29. The van der Waals surface area contributed by atoms with Crippen LogP contribution in [0.2, 0.25) is 0 Å². The summed E-state index contributed by atoms with van der Waals surface area (Å²) in [5, 5.41) is 0. The quantitative estimate of drug-likeness (QED) is 0.669. The number of benzene rings is 2. The Morgan fingerprint density at radius 3 is 2.17 bits per heavy atom. The van der Waals surface area contributed by atoms with Crippen LogP contribution in [-0.2, 0) is 32.0 Å². The molecule has 0 saturated heterocycles. The van der Waals surface area contributed by atoms with Crippen LogP contribution in [0.5, 0.6) is 0 Å². The van der Waals surface area contributed by atoms with E-state index in [0.29, 0.717) is 17.7 Å². The molecule has 1 N–H and O–H groups in total. The molecule has 2 aromatic rings. The molecule has 0 atom stereocenters. The second-order valence-electron chi connectivity index (χ2n) is 9.49. The number of carbonyl (C=O) groups is 1. The minimum Gasteiger partial charge on any atom is -0.462 e. The molecule has 1 aliphatic carbocycles. The van der Waals surface area contributed by atoms with Crippen LogP contribution < -0.4 is 4.72 Å². The fourth-order valence-corrected chi connectivity index (χ4v) is 4.58. The second kappa shape index (κ2) is 8.06. The summed E-state index contributed by atoms with van der Waals surface area (Å²) in [5.74, 6) is -0.313. The van der Waals surface area contributed by atoms with Gasteiger partial charge in [-0.2, -0.15) is 0 Å². The normalized spacial score (nSPS) is 17.1. The van der Waals surface area contributed by atoms with Crippen molar-refractivity contribution in [2.24, 2.45) is 0 Å². The van der Waals surface area contributed by atoms with Crippen molar-refractivity contribution >= 4 is 21.7 Å². The number of anilines is 1. The van der Waals surface area contributed by atoms with Crippen LogP contribution in [0.1, 0.15) is 67.6 Å². The third-order valence-electron chi connectivity index (χ3n) is 5.97. The zero-order valence-electron chi connectivity index (χ0n) is 18.4. The van der Waals surface area contributed by atoms with Gasteiger partial charge in [0, 0.05) is 12.1 Å². The Kier molecular flexibility index (Phi) is 6.01. The molecule has 0 aromatic heterocycles. The van der Waals surface area contributed by atoms with Crippen molar-refractivity contribution < 1.29 is 17.9 Å². The monoisotopic (exact) mass is 429 g/mol. The molecule has 0 unspecified atom stereocenters. The molecule has 3 rings (SSSR count). The lowest BCUT2D eigenvalue weighted by Gasteiger charge is -2.41. The Hall–Kier alpha value is -2.34. The molecule has 2 aromatic carbocycles. The number of carbonyl (C=O) groups excluding carboxylic acids is 1. The maximum absolute atomic E-state index is 12.6. The van der Waals surface area contributed by atoms with Gasteiger partial charge in [-0.3, -0.25) is 4.72 Å². The molecule has 0 spiro atoms. The van der Waals surface area contributed by atoms with Gasteiger partial charge in [-0.15, -0.1) is 0 Å². The number of fused-ring (bicyclic) bond motifs is 1. The number of ether oxygens (including phenoxy) is 1. The molecule has 0 bridgehead atoms. The predicted molar refractivity (Wildman–Crippen MR) is 121 cm³/mol. The Morgan fingerprint density at radius 2 is 1.57 bits per heavy atom. The molecule has 0 heterocycles. The number of rotatable bonds is 6. The highest BCUT2D eigenvalue weighted by Gasteiger charge is 2.37. The Balaban J connectivity index is 1.63. The van der Waals surface area contributed by atoms with Gasteiger partial charge >= 0.3 is 5.97 Å². The molecular weight excluding hydrogens is 398 g/mol. The molecule has 0 fully saturated rings. The molecule has 0 amide bonds. The molecular formula is C24H31NO4S. The fourth-order valence-electron chi connectivity index (χ4n) is 4.01. The van der Waals surface area contributed by atoms with E-state index in [1.807, 2.05) is 24.3 Å². The topological polar surface area (TPSA) is 72.5 Å². The first-order valence-electron chi connectivity index (χ1n) is 10.3. The SMILES string of the molecule is CC1(C)CCC(C)(C)c2cc(C(=O)OCCc3ccc(NS(C)(=O)=O)cc3)ccc21. The summed E-state index contributed by atoms with van der Waals surface area (Å²) < 4.78 is 30.5. The van der Waals surface area contributed by atoms with Gasteiger partial charge in [0.15, 0.2) is 0 Å². The molecule has 5 nitrogen and oxygen atoms in total. The minimum absolute atomic E-state index is 0.0445. The van der Waals surface area contributed by atoms with Gasteiger partial charge in [0.2, 0.25) is 10.0 Å². The zero-order valence-corrected chi connectivity index (χ0v) is 19.2. The van der Waals surface area contributed by atoms with Gasteiger partial charge < -0.3 is 4.74 Å². The Morgan fingerprint density at radius 1 is 0.967 bits per heavy atom. The largest absolute Gasteiger partial charge is 0.462 e. The van der Waals surface area contributed by atoms with Crippen molar-refractivity contribution in [3.8, 4) is 0 Å². The van der Waals surface area contributed by atoms with Gasteiger partial charge in [-0.05, 0) is 64.6 Å². The lowest BCUT2D eigenvalue weighted by Crippen LogP contribution is -2.34. The van der Waals surface area contributed by atoms with E-state index in [1.165, 1.54) is 11.1 Å². The smallest absolute Gasteiger partial charge is 0.338 e. The van der Waals surface area contributed by atoms with Gasteiger partial charge in [0.05, 0.1) is 18.4 Å². The molecule has 0 aliphatic heterocycles. The van der Waals surface area contributed by atoms with E-state index in [4.69, 9.17) is 4.74 Å². The number of nitrogens with one attached hydrogen (secondary N) is 1. The van der Waals surface area contributed by atoms with Crippen LogP contribution in [0, 0.1) is 0 Å². The van der Waals surface area contributed by atoms with Gasteiger partial charge in [-0.25, -0.2) is 13.2 Å². The molecule has 1 aliphatic rings. The van der Waals surface area contributed by atoms with E-state index in [-0.39, 0.29) is 23.4 Å². The number of hydrogen-bond donors (Lipinski definition) is 1. The number of esters is 1. The number of sulfonamides is 1. The fraction of sp³-hybridized carbons (Fsp3) is 0.458. The minimum atomic E-state index is -3.29. The van der Waals surface area contributed by atoms with Crippen LogP contribution in [0.3, 0.4) is 0 Å². The van der Waals surface area contributed by atoms with Crippen molar-refractivity contribution in [3.05, 3.63) is 64.7 Å². The van der Waals surface area contributed by atoms with Gasteiger partial charge in [0.25, 0.3) is 0 Å². The number of hydrogen-bond acceptors (Lipinski definition) is 4. The highest BCUT2D eigenvalue weighted by Crippen LogP contribution is 2.45. The summed E-state index contributed by atoms with van der Waals surface area (Å²) in [5.41, 5.74) is 4.79. The zero-order chi connectivity index (χ0) is 22.2. The summed E-state index contributed by atoms with van der Waals surface area (Å²) >= 11 is 0. The predicted octanol–water partition coefficient (Wildman–Crippen LogP) is 4.81. The van der Waals surface area contributed by atoms with E-state index < -0.39 is 10.0 Å². The maximum Gasteiger partial charge on any atom is 0.338 e. The van der Waals surface area contributed by atoms with Crippen LogP contribution in [0.4, 0.5) is 5.69 Å². The molecule has 162 valence electrons. The maximum atomic E-state index is 12.6. The second-order valence-corrected chi connectivity index (χ2v) is 11.2. The summed E-state index contributed by atoms with van der Waals surface area (Å²) in [6.07, 6.45) is 3.91. The van der Waals surface area contributed by atoms with Crippen molar-refractivity contribution in [2.45, 2.75) is 57.8 Å². The first-order valence-corrected chi connectivity index (χ1v) is 12.2. The van der Waals surface area contributed by atoms with Gasteiger partial charge in [0.1, 0.15) is 0 Å². The van der Waals surface area contributed by atoms with Gasteiger partial charge in [-0.1, -0.05) is 45.9 Å². The van der Waals surface area contributed by atoms with Crippen molar-refractivity contribution in [1.82, 2.24) is 0 Å². The highest BCUT2D eigenvalue weighted by molar-refractivity contribution is 7.92. The summed E-state index contributed by atoms with van der Waals surface area (Å²) in [6, 6.07) is 13.0. The van der Waals surface area contributed by atoms with E-state index >= 15 is 0 Å². The molecule has 0 radical (unpaired) electrons. The standard InChI is InChI=1S/C24H31NO4S/c1-23(2)13-14-24(3,4)21-16-18(8-11-20(21)23)22(26)29-15-12-17-6-9-19(10-7-17)25-30(5,27)28/h6-11,16,25H,12-15H2,1-5H3. The summed E-state index contributed by atoms with van der Waals surface area (Å²) in [4.78, 5) is 12.6. The van der Waals surface area contributed by atoms with E-state index in [1.54, 1.807) is 12.1 Å². The van der Waals surface area contributed by atoms with Crippen molar-refractivity contribution in [2.75, 3.05) is 17.6 Å². The third kappa shape index (κ3) is 5.22. The van der Waals surface area contributed by atoms with Crippen LogP contribution >= 0.6 is 0 Å². The first kappa shape index (κ1) is 22.3. The average molecular weight is 430 g/mol. The Bertz CT molecular complexity index is 1040.